The van der Waals surface area contributed by atoms with Crippen molar-refractivity contribution in [2.45, 2.75) is 196 Å². The first-order valence-electron chi connectivity index (χ1n) is 21.9. The van der Waals surface area contributed by atoms with E-state index in [4.69, 9.17) is 0 Å². The Labute approximate surface area is 339 Å². The van der Waals surface area contributed by atoms with Crippen LogP contribution in [-0.4, -0.2) is 12.3 Å². The van der Waals surface area contributed by atoms with Gasteiger partial charge in [0.2, 0.25) is 0 Å². The maximum absolute atomic E-state index is 12.7. The molecule has 4 atom stereocenters. The van der Waals surface area contributed by atoms with E-state index in [0.29, 0.717) is 34.8 Å². The Morgan fingerprint density at radius 2 is 0.717 bits per heavy atom. The number of benzene rings is 2. The van der Waals surface area contributed by atoms with Gasteiger partial charge in [-0.25, -0.2) is 0 Å². The second kappa shape index (κ2) is 32.4. The molecule has 0 aromatic heterocycles. The Morgan fingerprint density at radius 1 is 0.434 bits per heavy atom. The second-order valence-corrected chi connectivity index (χ2v) is 20.1. The van der Waals surface area contributed by atoms with Crippen molar-refractivity contribution < 1.29 is 35.7 Å². The van der Waals surface area contributed by atoms with Crippen LogP contribution >= 0.6 is 14.7 Å². The monoisotopic (exact) mass is 817 g/mol. The standard InChI is InChI=1S/2C23H41O2P.Co/c2*1-4-7-9-10-11-12-13-15-22-16-18-23(19-17-22)26(24,25)20-21(6-3)14-8-5-2;/h2*16-19,21H,4-15,20H2,1-3H3,(H,24,25);/q;;+2/p-2. The summed E-state index contributed by atoms with van der Waals surface area (Å²) in [6.07, 6.45) is 29.6. The van der Waals surface area contributed by atoms with E-state index in [1.54, 1.807) is 0 Å². The van der Waals surface area contributed by atoms with Crippen LogP contribution in [0.25, 0.3) is 0 Å². The van der Waals surface area contributed by atoms with Gasteiger partial charge < -0.3 is 18.9 Å². The number of rotatable bonds is 30. The molecule has 0 heterocycles. The van der Waals surface area contributed by atoms with Gasteiger partial charge in [0, 0.05) is 14.7 Å². The van der Waals surface area contributed by atoms with Gasteiger partial charge in [-0.05, 0) is 71.6 Å². The third-order valence-corrected chi connectivity index (χ3v) is 15.0. The summed E-state index contributed by atoms with van der Waals surface area (Å²) in [5.41, 5.74) is 2.53. The minimum atomic E-state index is -3.48. The van der Waals surface area contributed by atoms with Gasteiger partial charge in [0.05, 0.1) is 0 Å². The van der Waals surface area contributed by atoms with Gasteiger partial charge in [0.1, 0.15) is 0 Å². The molecule has 0 aliphatic rings. The van der Waals surface area contributed by atoms with Crippen molar-refractivity contribution in [3.8, 4) is 0 Å². The molecule has 2 aromatic carbocycles. The summed E-state index contributed by atoms with van der Waals surface area (Å²) >= 11 is 0. The van der Waals surface area contributed by atoms with Gasteiger partial charge in [-0.1, -0.05) is 218 Å². The number of unbranched alkanes of at least 4 members (excludes halogenated alkanes) is 14. The van der Waals surface area contributed by atoms with Crippen LogP contribution in [0.4, 0.5) is 0 Å². The Hall–Kier alpha value is -0.674. The fourth-order valence-corrected chi connectivity index (χ4v) is 10.9. The predicted octanol–water partition coefficient (Wildman–Crippen LogP) is 12.9. The quantitative estimate of drug-likeness (QED) is 0.0581. The molecule has 0 spiro atoms. The summed E-state index contributed by atoms with van der Waals surface area (Å²) in [5.74, 6) is 0.594. The molecule has 0 N–H and O–H groups in total. The predicted molar refractivity (Wildman–Crippen MR) is 227 cm³/mol. The minimum absolute atomic E-state index is 0. The minimum Gasteiger partial charge on any atom is -0.796 e. The van der Waals surface area contributed by atoms with Gasteiger partial charge in [-0.3, -0.25) is 0 Å². The van der Waals surface area contributed by atoms with Crippen molar-refractivity contribution in [2.75, 3.05) is 12.3 Å². The molecule has 0 aliphatic heterocycles. The Kier molecular flexibility index (Phi) is 32.0. The van der Waals surface area contributed by atoms with Gasteiger partial charge in [0.15, 0.2) is 0 Å². The fraction of sp³-hybridized carbons (Fsp3) is 0.739. The zero-order chi connectivity index (χ0) is 38.5. The fourth-order valence-electron chi connectivity index (χ4n) is 7.08. The van der Waals surface area contributed by atoms with Crippen molar-refractivity contribution in [1.82, 2.24) is 0 Å². The van der Waals surface area contributed by atoms with Crippen LogP contribution in [0.2, 0.25) is 0 Å². The van der Waals surface area contributed by atoms with E-state index in [-0.39, 0.29) is 16.8 Å². The molecular weight excluding hydrogens is 737 g/mol. The van der Waals surface area contributed by atoms with E-state index in [9.17, 15) is 18.9 Å². The molecule has 0 bridgehead atoms. The van der Waals surface area contributed by atoms with Crippen LogP contribution in [0.15, 0.2) is 48.5 Å². The zero-order valence-electron chi connectivity index (χ0n) is 35.0. The molecule has 4 unspecified atom stereocenters. The molecule has 0 aliphatic carbocycles. The van der Waals surface area contributed by atoms with Crippen molar-refractivity contribution in [1.29, 1.82) is 0 Å². The summed E-state index contributed by atoms with van der Waals surface area (Å²) in [4.78, 5) is 25.4. The van der Waals surface area contributed by atoms with Crippen molar-refractivity contribution in [3.63, 3.8) is 0 Å². The van der Waals surface area contributed by atoms with Crippen LogP contribution in [0.1, 0.15) is 194 Å². The first-order valence-corrected chi connectivity index (χ1v) is 25.5. The summed E-state index contributed by atoms with van der Waals surface area (Å²) in [7, 11) is -6.95. The van der Waals surface area contributed by atoms with E-state index in [2.05, 4.69) is 41.5 Å². The molecule has 1 radical (unpaired) electrons. The first-order chi connectivity index (χ1) is 25.1. The normalized spacial score (nSPS) is 14.6. The molecule has 2 rings (SSSR count). The molecule has 4 nitrogen and oxygen atoms in total. The molecular formula is C46H80CoO4P2. The van der Waals surface area contributed by atoms with Crippen LogP contribution in [0, 0.1) is 11.8 Å². The molecule has 0 saturated heterocycles. The van der Waals surface area contributed by atoms with Crippen LogP contribution in [0.5, 0.6) is 0 Å². The van der Waals surface area contributed by atoms with Gasteiger partial charge >= 0.3 is 16.8 Å². The average molecular weight is 818 g/mol. The van der Waals surface area contributed by atoms with Gasteiger partial charge in [0.25, 0.3) is 0 Å². The van der Waals surface area contributed by atoms with E-state index in [1.165, 1.54) is 101 Å². The van der Waals surface area contributed by atoms with Gasteiger partial charge in [-0.15, -0.1) is 0 Å². The molecule has 2 aromatic rings. The summed E-state index contributed by atoms with van der Waals surface area (Å²) in [5, 5.41) is 1.05. The van der Waals surface area contributed by atoms with E-state index >= 15 is 0 Å². The molecule has 53 heavy (non-hydrogen) atoms. The van der Waals surface area contributed by atoms with E-state index in [0.717, 1.165) is 64.2 Å². The number of hydrogen-bond acceptors (Lipinski definition) is 4. The molecule has 0 saturated carbocycles. The average Bonchev–Trinajstić information content (AvgIpc) is 3.14. The Balaban J connectivity index is 0.00000100. The maximum atomic E-state index is 12.7. The molecule has 0 amide bonds. The largest absolute Gasteiger partial charge is 2.00 e. The first kappa shape index (κ1) is 52.3. The van der Waals surface area contributed by atoms with Crippen molar-refractivity contribution >= 4 is 25.3 Å². The van der Waals surface area contributed by atoms with Crippen LogP contribution in [0.3, 0.4) is 0 Å². The third-order valence-electron chi connectivity index (χ3n) is 10.9. The Morgan fingerprint density at radius 3 is 1.00 bits per heavy atom. The second-order valence-electron chi connectivity index (χ2n) is 15.6. The zero-order valence-corrected chi connectivity index (χ0v) is 37.8. The third kappa shape index (κ3) is 24.5. The maximum Gasteiger partial charge on any atom is 2.00 e. The molecule has 0 fully saturated rings. The van der Waals surface area contributed by atoms with E-state index in [1.807, 2.05) is 48.5 Å². The smallest absolute Gasteiger partial charge is 0.796 e. The van der Waals surface area contributed by atoms with Crippen LogP contribution in [-0.2, 0) is 38.8 Å². The van der Waals surface area contributed by atoms with Crippen molar-refractivity contribution in [3.05, 3.63) is 59.7 Å². The summed E-state index contributed by atoms with van der Waals surface area (Å²) < 4.78 is 25.4. The topological polar surface area (TPSA) is 80.3 Å². The SMILES string of the molecule is CCCCCCCCCc1ccc(P(=O)([O-])CC(CC)CCCC)cc1.CCCCCCCCCc1ccc(P(=O)([O-])CC(CC)CCCC)cc1.[Co+2]. The summed E-state index contributed by atoms with van der Waals surface area (Å²) in [6.45, 7) is 13.0. The number of hydrogen-bond donors (Lipinski definition) is 0. The van der Waals surface area contributed by atoms with Crippen molar-refractivity contribution in [2.24, 2.45) is 11.8 Å². The molecule has 307 valence electrons. The van der Waals surface area contributed by atoms with Gasteiger partial charge in [-0.2, -0.15) is 0 Å². The Bertz CT molecular complexity index is 1120. The molecule has 7 heteroatoms. The number of aryl methyl sites for hydroxylation is 2. The summed E-state index contributed by atoms with van der Waals surface area (Å²) in [6, 6.07) is 15.4. The van der Waals surface area contributed by atoms with Crippen LogP contribution < -0.4 is 20.4 Å². The van der Waals surface area contributed by atoms with E-state index < -0.39 is 14.7 Å².